The van der Waals surface area contributed by atoms with Crippen molar-refractivity contribution in [2.24, 2.45) is 5.92 Å². The topological polar surface area (TPSA) is 87.7 Å². The molecule has 2 atom stereocenters. The highest BCUT2D eigenvalue weighted by Crippen LogP contribution is 2.35. The molecule has 1 saturated heterocycles. The predicted octanol–water partition coefficient (Wildman–Crippen LogP) is 3.38. The monoisotopic (exact) mass is 635 g/mol. The minimum absolute atomic E-state index is 0.0000379. The van der Waals surface area contributed by atoms with E-state index in [-0.39, 0.29) is 79.0 Å². The largest absolute Gasteiger partial charge is 0.433 e. The van der Waals surface area contributed by atoms with E-state index in [1.807, 2.05) is 29.8 Å². The van der Waals surface area contributed by atoms with Crippen molar-refractivity contribution in [3.05, 3.63) is 47.0 Å². The number of halogens is 5. The van der Waals surface area contributed by atoms with Crippen LogP contribution in [0, 0.1) is 11.7 Å². The lowest BCUT2D eigenvalue weighted by molar-refractivity contribution is -0.149. The quantitative estimate of drug-likeness (QED) is 0.286. The predicted molar refractivity (Wildman–Crippen MR) is 134 cm³/mol. The standard InChI is InChI=1S/C24H26F4IN5O3/c1-14-10-34(21(36)13-37-14)11-15(9-30-29)8-20(35)33-7-6-18-19(12-33)31-23(32-22(18)24(26,27)28)16-2-4-17(25)5-3-16/h2-5,14-15,30H,6-13H2,1H3/t14-,15?/m0/s1. The SMILES string of the molecule is C[C@H]1CN(CC(CNI)CC(=O)N2CCc3c(nc(-c4ccc(F)cc4)nc3C(F)(F)F)C2)C(=O)CO1. The molecule has 1 aromatic carbocycles. The Morgan fingerprint density at radius 3 is 2.68 bits per heavy atom. The van der Waals surface area contributed by atoms with Crippen LogP contribution in [-0.2, 0) is 33.5 Å². The van der Waals surface area contributed by atoms with Crippen LogP contribution < -0.4 is 3.53 Å². The van der Waals surface area contributed by atoms with Crippen molar-refractivity contribution >= 4 is 34.7 Å². The summed E-state index contributed by atoms with van der Waals surface area (Å²) in [6.07, 6.45) is -4.72. The Hall–Kier alpha value is -2.39. The number of benzene rings is 1. The van der Waals surface area contributed by atoms with E-state index < -0.39 is 17.7 Å². The molecule has 200 valence electrons. The third-order valence-electron chi connectivity index (χ3n) is 6.42. The van der Waals surface area contributed by atoms with E-state index in [0.717, 1.165) is 12.1 Å². The van der Waals surface area contributed by atoms with E-state index in [9.17, 15) is 27.2 Å². The van der Waals surface area contributed by atoms with E-state index >= 15 is 0 Å². The van der Waals surface area contributed by atoms with Crippen molar-refractivity contribution in [3.63, 3.8) is 0 Å². The summed E-state index contributed by atoms with van der Waals surface area (Å²) in [5.41, 5.74) is -0.686. The Balaban J connectivity index is 1.53. The van der Waals surface area contributed by atoms with Gasteiger partial charge in [-0.05, 0) is 43.5 Å². The van der Waals surface area contributed by atoms with Gasteiger partial charge in [0, 0.05) is 66.6 Å². The maximum absolute atomic E-state index is 13.9. The number of hydrogen-bond acceptors (Lipinski definition) is 6. The van der Waals surface area contributed by atoms with Gasteiger partial charge in [0.2, 0.25) is 11.8 Å². The molecule has 37 heavy (non-hydrogen) atoms. The zero-order valence-corrected chi connectivity index (χ0v) is 22.2. The smallest absolute Gasteiger partial charge is 0.367 e. The maximum atomic E-state index is 13.9. The van der Waals surface area contributed by atoms with Gasteiger partial charge in [-0.2, -0.15) is 13.2 Å². The van der Waals surface area contributed by atoms with Crippen molar-refractivity contribution in [1.29, 1.82) is 0 Å². The second-order valence-corrected chi connectivity index (χ2v) is 9.98. The molecule has 1 unspecified atom stereocenters. The fourth-order valence-electron chi connectivity index (χ4n) is 4.55. The number of ether oxygens (including phenoxy) is 1. The molecule has 0 spiro atoms. The summed E-state index contributed by atoms with van der Waals surface area (Å²) >= 11 is 1.98. The third kappa shape index (κ3) is 6.74. The normalized spacial score (nSPS) is 19.1. The molecule has 2 aliphatic heterocycles. The van der Waals surface area contributed by atoms with Gasteiger partial charge in [-0.25, -0.2) is 14.4 Å². The van der Waals surface area contributed by atoms with Crippen molar-refractivity contribution in [2.45, 2.75) is 38.6 Å². The van der Waals surface area contributed by atoms with Gasteiger partial charge in [0.25, 0.3) is 0 Å². The number of hydrogen-bond donors (Lipinski definition) is 1. The summed E-state index contributed by atoms with van der Waals surface area (Å²) in [7, 11) is 0. The second-order valence-electron chi connectivity index (χ2n) is 9.22. The summed E-state index contributed by atoms with van der Waals surface area (Å²) in [6, 6.07) is 4.89. The average Bonchev–Trinajstić information content (AvgIpc) is 2.85. The Bertz CT molecular complexity index is 1150. The van der Waals surface area contributed by atoms with E-state index in [1.54, 1.807) is 4.90 Å². The number of alkyl halides is 3. The summed E-state index contributed by atoms with van der Waals surface area (Å²) in [6.45, 7) is 3.17. The average molecular weight is 635 g/mol. The highest BCUT2D eigenvalue weighted by molar-refractivity contribution is 14.1. The number of aromatic nitrogens is 2. The molecule has 0 bridgehead atoms. The Morgan fingerprint density at radius 2 is 2.00 bits per heavy atom. The summed E-state index contributed by atoms with van der Waals surface area (Å²) in [5.74, 6) is -1.26. The number of amides is 2. The van der Waals surface area contributed by atoms with Crippen LogP contribution >= 0.6 is 22.9 Å². The fourth-order valence-corrected chi connectivity index (χ4v) is 5.17. The lowest BCUT2D eigenvalue weighted by atomic mass is 9.99. The number of nitrogens with zero attached hydrogens (tertiary/aromatic N) is 4. The summed E-state index contributed by atoms with van der Waals surface area (Å²) in [5, 5.41) is 0. The van der Waals surface area contributed by atoms with Crippen molar-refractivity contribution < 1.29 is 31.9 Å². The Labute approximate surface area is 225 Å². The first kappa shape index (κ1) is 27.6. The number of carbonyl (C=O) groups is 2. The highest BCUT2D eigenvalue weighted by Gasteiger charge is 2.39. The summed E-state index contributed by atoms with van der Waals surface area (Å²) < 4.78 is 63.3. The van der Waals surface area contributed by atoms with Crippen LogP contribution in [0.3, 0.4) is 0 Å². The molecule has 0 saturated carbocycles. The van der Waals surface area contributed by atoms with E-state index in [0.29, 0.717) is 19.6 Å². The lowest BCUT2D eigenvalue weighted by Crippen LogP contribution is -2.49. The molecular weight excluding hydrogens is 609 g/mol. The van der Waals surface area contributed by atoms with Crippen LogP contribution in [0.15, 0.2) is 24.3 Å². The fraction of sp³-hybridized carbons (Fsp3) is 0.500. The molecule has 2 aromatic rings. The Morgan fingerprint density at radius 1 is 1.27 bits per heavy atom. The second kappa shape index (κ2) is 11.6. The Kier molecular flexibility index (Phi) is 8.63. The molecule has 13 heteroatoms. The highest BCUT2D eigenvalue weighted by atomic mass is 127. The first-order valence-electron chi connectivity index (χ1n) is 11.8. The molecular formula is C24H26F4IN5O3. The van der Waals surface area contributed by atoms with Crippen LogP contribution in [0.25, 0.3) is 11.4 Å². The molecule has 2 aliphatic rings. The van der Waals surface area contributed by atoms with Gasteiger partial charge in [-0.1, -0.05) is 0 Å². The van der Waals surface area contributed by atoms with Gasteiger partial charge in [-0.15, -0.1) is 0 Å². The first-order chi connectivity index (χ1) is 17.5. The number of carbonyl (C=O) groups excluding carboxylic acids is 2. The van der Waals surface area contributed by atoms with Gasteiger partial charge in [0.05, 0.1) is 18.3 Å². The molecule has 1 fully saturated rings. The molecule has 8 nitrogen and oxygen atoms in total. The molecule has 1 aromatic heterocycles. The van der Waals surface area contributed by atoms with Crippen LogP contribution in [0.1, 0.15) is 30.3 Å². The summed E-state index contributed by atoms with van der Waals surface area (Å²) in [4.78, 5) is 36.7. The molecule has 4 rings (SSSR count). The third-order valence-corrected chi connectivity index (χ3v) is 6.86. The maximum Gasteiger partial charge on any atom is 0.433 e. The number of rotatable bonds is 7. The van der Waals surface area contributed by atoms with Crippen LogP contribution in [-0.4, -0.2) is 70.5 Å². The van der Waals surface area contributed by atoms with Gasteiger partial charge >= 0.3 is 6.18 Å². The van der Waals surface area contributed by atoms with Crippen molar-refractivity contribution in [1.82, 2.24) is 23.3 Å². The van der Waals surface area contributed by atoms with Crippen molar-refractivity contribution in [3.8, 4) is 11.4 Å². The van der Waals surface area contributed by atoms with E-state index in [1.165, 1.54) is 17.0 Å². The number of nitrogens with one attached hydrogen (secondary N) is 1. The van der Waals surface area contributed by atoms with Gasteiger partial charge in [-0.3, -0.25) is 13.1 Å². The minimum atomic E-state index is -4.70. The molecule has 0 radical (unpaired) electrons. The van der Waals surface area contributed by atoms with Crippen LogP contribution in [0.5, 0.6) is 0 Å². The number of morpholine rings is 1. The van der Waals surface area contributed by atoms with Gasteiger partial charge < -0.3 is 14.5 Å². The van der Waals surface area contributed by atoms with Gasteiger partial charge in [0.15, 0.2) is 11.5 Å². The zero-order valence-electron chi connectivity index (χ0n) is 20.0. The number of fused-ring (bicyclic) bond motifs is 1. The molecule has 2 amide bonds. The zero-order chi connectivity index (χ0) is 26.7. The van der Waals surface area contributed by atoms with E-state index in [2.05, 4.69) is 13.5 Å². The minimum Gasteiger partial charge on any atom is -0.367 e. The van der Waals surface area contributed by atoms with Crippen molar-refractivity contribution in [2.75, 3.05) is 32.8 Å². The molecule has 1 N–H and O–H groups in total. The van der Waals surface area contributed by atoms with Gasteiger partial charge in [0.1, 0.15) is 12.4 Å². The lowest BCUT2D eigenvalue weighted by Gasteiger charge is -2.35. The van der Waals surface area contributed by atoms with Crippen LogP contribution in [0.2, 0.25) is 0 Å². The van der Waals surface area contributed by atoms with Crippen LogP contribution in [0.4, 0.5) is 17.6 Å². The molecule has 0 aliphatic carbocycles. The molecule has 3 heterocycles. The first-order valence-corrected chi connectivity index (χ1v) is 12.9. The van der Waals surface area contributed by atoms with E-state index in [4.69, 9.17) is 4.74 Å².